The van der Waals surface area contributed by atoms with Gasteiger partial charge in [0.2, 0.25) is 0 Å². The van der Waals surface area contributed by atoms with Crippen LogP contribution < -0.4 is 14.4 Å². The Labute approximate surface area is 209 Å². The maximum absolute atomic E-state index is 12.7. The number of carbonyl (C=O) groups excluding carboxylic acids is 1. The van der Waals surface area contributed by atoms with E-state index in [9.17, 15) is 4.79 Å². The molecule has 6 nitrogen and oxygen atoms in total. The lowest BCUT2D eigenvalue weighted by Crippen LogP contribution is -2.39. The smallest absolute Gasteiger partial charge is 0.265 e. The molecular weight excluding hydrogens is 458 g/mol. The highest BCUT2D eigenvalue weighted by molar-refractivity contribution is 7.15. The number of amides is 1. The highest BCUT2D eigenvalue weighted by Crippen LogP contribution is 2.39. The third-order valence-corrected chi connectivity index (χ3v) is 6.98. The number of benzene rings is 2. The number of unbranched alkanes of at least 4 members (excludes halogenated alkanes) is 1. The van der Waals surface area contributed by atoms with Crippen LogP contribution >= 0.6 is 11.3 Å². The van der Waals surface area contributed by atoms with E-state index in [2.05, 4.69) is 11.9 Å². The number of nitrogens with zero attached hydrogens (tertiary/aromatic N) is 3. The van der Waals surface area contributed by atoms with Crippen LogP contribution in [-0.2, 0) is 4.79 Å². The number of thiazole rings is 1. The van der Waals surface area contributed by atoms with Gasteiger partial charge in [0.1, 0.15) is 16.5 Å². The van der Waals surface area contributed by atoms with Crippen LogP contribution in [0.15, 0.2) is 66.9 Å². The number of ether oxygens (including phenoxy) is 2. The average molecular weight is 486 g/mol. The van der Waals surface area contributed by atoms with Crippen molar-refractivity contribution in [1.29, 1.82) is 0 Å². The summed E-state index contributed by atoms with van der Waals surface area (Å²) in [6.07, 6.45) is 3.46. The van der Waals surface area contributed by atoms with Gasteiger partial charge in [-0.1, -0.05) is 24.3 Å². The molecule has 0 bridgehead atoms. The molecule has 0 saturated heterocycles. The van der Waals surface area contributed by atoms with Crippen LogP contribution in [0.4, 0.5) is 5.69 Å². The Morgan fingerprint density at radius 1 is 1.06 bits per heavy atom. The number of hydrogen-bond acceptors (Lipinski definition) is 6. The molecule has 0 saturated carbocycles. The second-order valence-corrected chi connectivity index (χ2v) is 9.68. The molecule has 7 heteroatoms. The Bertz CT molecular complexity index is 1340. The maximum Gasteiger partial charge on any atom is 0.265 e. The summed E-state index contributed by atoms with van der Waals surface area (Å²) in [5.74, 6) is 1.61. The first-order chi connectivity index (χ1) is 17.1. The van der Waals surface area contributed by atoms with E-state index >= 15 is 0 Å². The summed E-state index contributed by atoms with van der Waals surface area (Å²) in [6, 6.07) is 19.8. The lowest BCUT2D eigenvalue weighted by molar-refractivity contribution is -0.121. The molecule has 0 spiro atoms. The number of para-hydroxylation sites is 1. The lowest BCUT2D eigenvalue weighted by Gasteiger charge is -2.30. The van der Waals surface area contributed by atoms with Crippen molar-refractivity contribution < 1.29 is 14.3 Å². The highest BCUT2D eigenvalue weighted by atomic mass is 32.1. The van der Waals surface area contributed by atoms with E-state index in [1.165, 1.54) is 0 Å². The fourth-order valence-corrected chi connectivity index (χ4v) is 5.04. The number of hydrogen-bond donors (Lipinski definition) is 0. The molecule has 1 aliphatic heterocycles. The second kappa shape index (κ2) is 10.3. The molecule has 0 fully saturated rings. The van der Waals surface area contributed by atoms with Gasteiger partial charge in [-0.15, -0.1) is 11.3 Å². The molecule has 2 aromatic carbocycles. The Morgan fingerprint density at radius 2 is 1.91 bits per heavy atom. The van der Waals surface area contributed by atoms with Crippen LogP contribution in [0.1, 0.15) is 23.3 Å². The number of anilines is 1. The third kappa shape index (κ3) is 5.05. The van der Waals surface area contributed by atoms with E-state index in [0.717, 1.165) is 62.4 Å². The van der Waals surface area contributed by atoms with Gasteiger partial charge in [0.25, 0.3) is 5.91 Å². The van der Waals surface area contributed by atoms with Crippen molar-refractivity contribution in [3.63, 3.8) is 0 Å². The van der Waals surface area contributed by atoms with Crippen molar-refractivity contribution in [3.8, 4) is 33.5 Å². The molecule has 0 aliphatic carbocycles. The van der Waals surface area contributed by atoms with Crippen molar-refractivity contribution in [3.05, 3.63) is 77.3 Å². The molecule has 2 aromatic heterocycles. The fraction of sp³-hybridized carbons (Fsp3) is 0.250. The van der Waals surface area contributed by atoms with Crippen LogP contribution in [0, 0.1) is 13.8 Å². The molecular formula is C28H27N3O3S. The fourth-order valence-electron chi connectivity index (χ4n) is 4.13. The summed E-state index contributed by atoms with van der Waals surface area (Å²) >= 11 is 1.62. The standard InChI is InChI=1S/C28H27N3O3S/c1-19-9-3-4-11-24(19)33-16-8-7-15-31-23-17-21(12-13-25(23)34-18-26(31)32)27-20(2)35-28(30-27)22-10-5-6-14-29-22/h3-6,9-14,17H,7-8,15-16,18H2,1-2H3. The largest absolute Gasteiger partial charge is 0.493 e. The van der Waals surface area contributed by atoms with E-state index in [1.54, 1.807) is 17.5 Å². The quantitative estimate of drug-likeness (QED) is 0.283. The van der Waals surface area contributed by atoms with Crippen molar-refractivity contribution in [2.24, 2.45) is 0 Å². The first kappa shape index (κ1) is 23.1. The zero-order chi connectivity index (χ0) is 24.2. The minimum Gasteiger partial charge on any atom is -0.493 e. The molecule has 0 unspecified atom stereocenters. The van der Waals surface area contributed by atoms with Crippen molar-refractivity contribution in [1.82, 2.24) is 9.97 Å². The predicted molar refractivity (Wildman–Crippen MR) is 139 cm³/mol. The normalized spacial score (nSPS) is 12.9. The third-order valence-electron chi connectivity index (χ3n) is 5.98. The number of pyridine rings is 1. The molecule has 5 rings (SSSR count). The Morgan fingerprint density at radius 3 is 2.74 bits per heavy atom. The highest BCUT2D eigenvalue weighted by Gasteiger charge is 2.26. The monoisotopic (exact) mass is 485 g/mol. The number of carbonyl (C=O) groups is 1. The summed E-state index contributed by atoms with van der Waals surface area (Å²) in [7, 11) is 0. The lowest BCUT2D eigenvalue weighted by atomic mass is 10.1. The molecule has 0 atom stereocenters. The van der Waals surface area contributed by atoms with Crippen LogP contribution in [0.3, 0.4) is 0 Å². The first-order valence-electron chi connectivity index (χ1n) is 11.7. The van der Waals surface area contributed by atoms with Crippen LogP contribution in [-0.4, -0.2) is 35.6 Å². The van der Waals surface area contributed by atoms with Crippen molar-refractivity contribution in [2.45, 2.75) is 26.7 Å². The minimum absolute atomic E-state index is 0.0290. The Kier molecular flexibility index (Phi) is 6.77. The molecule has 35 heavy (non-hydrogen) atoms. The van der Waals surface area contributed by atoms with Gasteiger partial charge in [-0.2, -0.15) is 0 Å². The number of aromatic nitrogens is 2. The number of rotatable bonds is 8. The SMILES string of the molecule is Cc1ccccc1OCCCCN1C(=O)COc2ccc(-c3nc(-c4ccccn4)sc3C)cc21. The van der Waals surface area contributed by atoms with Gasteiger partial charge in [-0.05, 0) is 68.7 Å². The molecule has 3 heterocycles. The summed E-state index contributed by atoms with van der Waals surface area (Å²) in [5.41, 5.74) is 4.65. The molecule has 178 valence electrons. The summed E-state index contributed by atoms with van der Waals surface area (Å²) in [5, 5.41) is 0.883. The van der Waals surface area contributed by atoms with Gasteiger partial charge in [-0.25, -0.2) is 4.98 Å². The van der Waals surface area contributed by atoms with E-state index in [1.807, 2.05) is 72.5 Å². The molecule has 0 radical (unpaired) electrons. The maximum atomic E-state index is 12.7. The van der Waals surface area contributed by atoms with Crippen molar-refractivity contribution >= 4 is 22.9 Å². The molecule has 0 N–H and O–H groups in total. The minimum atomic E-state index is -0.0290. The van der Waals surface area contributed by atoms with Gasteiger partial charge in [0.15, 0.2) is 6.61 Å². The average Bonchev–Trinajstić information content (AvgIpc) is 3.28. The molecule has 1 amide bonds. The topological polar surface area (TPSA) is 64.5 Å². The van der Waals surface area contributed by atoms with E-state index < -0.39 is 0 Å². The number of fused-ring (bicyclic) bond motifs is 1. The van der Waals surface area contributed by atoms with Gasteiger partial charge in [0.05, 0.1) is 23.7 Å². The zero-order valence-corrected chi connectivity index (χ0v) is 20.7. The molecule has 4 aromatic rings. The van der Waals surface area contributed by atoms with Crippen LogP contribution in [0.25, 0.3) is 22.0 Å². The van der Waals surface area contributed by atoms with Crippen LogP contribution in [0.2, 0.25) is 0 Å². The van der Waals surface area contributed by atoms with E-state index in [-0.39, 0.29) is 12.5 Å². The Hall–Kier alpha value is -3.71. The summed E-state index contributed by atoms with van der Waals surface area (Å²) in [6.45, 7) is 5.40. The summed E-state index contributed by atoms with van der Waals surface area (Å²) in [4.78, 5) is 25.0. The van der Waals surface area contributed by atoms with Gasteiger partial charge in [-0.3, -0.25) is 9.78 Å². The van der Waals surface area contributed by atoms with E-state index in [0.29, 0.717) is 13.2 Å². The second-order valence-electron chi connectivity index (χ2n) is 8.48. The van der Waals surface area contributed by atoms with Crippen molar-refractivity contribution in [2.75, 3.05) is 24.7 Å². The zero-order valence-electron chi connectivity index (χ0n) is 19.9. The first-order valence-corrected chi connectivity index (χ1v) is 12.6. The molecule has 1 aliphatic rings. The number of aryl methyl sites for hydroxylation is 2. The van der Waals surface area contributed by atoms with Gasteiger partial charge < -0.3 is 14.4 Å². The van der Waals surface area contributed by atoms with Gasteiger partial charge in [0, 0.05) is 23.2 Å². The van der Waals surface area contributed by atoms with E-state index in [4.69, 9.17) is 14.5 Å². The Balaban J connectivity index is 1.30. The van der Waals surface area contributed by atoms with Crippen LogP contribution in [0.5, 0.6) is 11.5 Å². The summed E-state index contributed by atoms with van der Waals surface area (Å²) < 4.78 is 11.6. The van der Waals surface area contributed by atoms with Gasteiger partial charge >= 0.3 is 0 Å². The predicted octanol–water partition coefficient (Wildman–Crippen LogP) is 6.07.